The van der Waals surface area contributed by atoms with Gasteiger partial charge in [0, 0.05) is 62.6 Å². The van der Waals surface area contributed by atoms with E-state index in [2.05, 4.69) is 60.8 Å². The maximum atomic E-state index is 13.2. The van der Waals surface area contributed by atoms with Crippen molar-refractivity contribution in [3.05, 3.63) is 71.0 Å². The summed E-state index contributed by atoms with van der Waals surface area (Å²) in [4.78, 5) is 4.87. The highest BCUT2D eigenvalue weighted by Gasteiger charge is 2.37. The van der Waals surface area contributed by atoms with Crippen LogP contribution in [0.1, 0.15) is 33.3 Å². The van der Waals surface area contributed by atoms with E-state index in [1.54, 1.807) is 0 Å². The van der Waals surface area contributed by atoms with Crippen molar-refractivity contribution in [1.29, 1.82) is 0 Å². The molecule has 0 bridgehead atoms. The van der Waals surface area contributed by atoms with Gasteiger partial charge in [0.05, 0.1) is 5.70 Å². The van der Waals surface area contributed by atoms with Crippen LogP contribution in [0, 0.1) is 11.2 Å². The Morgan fingerprint density at radius 2 is 2.03 bits per heavy atom. The third kappa shape index (κ3) is 5.32. The monoisotopic (exact) mass is 412 g/mol. The van der Waals surface area contributed by atoms with Crippen molar-refractivity contribution >= 4 is 0 Å². The summed E-state index contributed by atoms with van der Waals surface area (Å²) in [6, 6.07) is 7.30. The van der Waals surface area contributed by atoms with Gasteiger partial charge in [-0.15, -0.1) is 0 Å². The molecule has 2 N–H and O–H groups in total. The first-order chi connectivity index (χ1) is 14.2. The predicted octanol–water partition coefficient (Wildman–Crippen LogP) is 3.89. The van der Waals surface area contributed by atoms with Gasteiger partial charge < -0.3 is 15.5 Å². The molecule has 2 heterocycles. The summed E-state index contributed by atoms with van der Waals surface area (Å²) in [5.41, 5.74) is 5.98. The van der Waals surface area contributed by atoms with Crippen molar-refractivity contribution < 1.29 is 4.39 Å². The van der Waals surface area contributed by atoms with Crippen LogP contribution in [0.4, 0.5) is 4.39 Å². The predicted molar refractivity (Wildman–Crippen MR) is 123 cm³/mol. The van der Waals surface area contributed by atoms with Crippen molar-refractivity contribution in [1.82, 2.24) is 20.4 Å². The number of benzene rings is 1. The molecule has 1 aromatic rings. The van der Waals surface area contributed by atoms with E-state index in [0.29, 0.717) is 6.04 Å². The molecule has 2 aliphatic rings. The second-order valence-electron chi connectivity index (χ2n) is 9.43. The standard InChI is InChI=1S/C25H37FN4/c1-18(13-21-7-9-22(26)10-8-21)14-23-24(27-6)25(4,5)17-30(23)20(3)16-29-12-11-28-19(2)15-29/h7-10,14,19,27-28H,3,11-13,15-17H2,1-2,4-6H3/b18-14+. The van der Waals surface area contributed by atoms with Crippen LogP contribution in [0.5, 0.6) is 0 Å². The fourth-order valence-electron chi connectivity index (χ4n) is 4.65. The third-order valence-corrected chi connectivity index (χ3v) is 6.05. The minimum absolute atomic E-state index is 0.0242. The van der Waals surface area contributed by atoms with E-state index >= 15 is 0 Å². The van der Waals surface area contributed by atoms with Crippen LogP contribution in [0.2, 0.25) is 0 Å². The Balaban J connectivity index is 1.81. The van der Waals surface area contributed by atoms with E-state index in [0.717, 1.165) is 50.4 Å². The first-order valence-electron chi connectivity index (χ1n) is 10.9. The average Bonchev–Trinajstić information content (AvgIpc) is 2.93. The lowest BCUT2D eigenvalue weighted by atomic mass is 9.91. The second kappa shape index (κ2) is 9.36. The van der Waals surface area contributed by atoms with E-state index in [1.165, 1.54) is 29.1 Å². The normalized spacial score (nSPS) is 22.5. The highest BCUT2D eigenvalue weighted by atomic mass is 19.1. The molecule has 0 aromatic heterocycles. The molecule has 3 rings (SSSR count). The van der Waals surface area contributed by atoms with Crippen molar-refractivity contribution in [2.45, 2.75) is 40.2 Å². The molecule has 1 unspecified atom stereocenters. The van der Waals surface area contributed by atoms with Gasteiger partial charge in [-0.25, -0.2) is 4.39 Å². The largest absolute Gasteiger partial charge is 0.389 e. The van der Waals surface area contributed by atoms with Crippen LogP contribution < -0.4 is 10.6 Å². The van der Waals surface area contributed by atoms with Crippen molar-refractivity contribution in [3.8, 4) is 0 Å². The van der Waals surface area contributed by atoms with Crippen molar-refractivity contribution in [3.63, 3.8) is 0 Å². The van der Waals surface area contributed by atoms with Crippen LogP contribution in [-0.4, -0.2) is 55.6 Å². The summed E-state index contributed by atoms with van der Waals surface area (Å²) in [6.07, 6.45) is 3.08. The number of halogens is 1. The molecule has 0 aliphatic carbocycles. The molecule has 1 saturated heterocycles. The van der Waals surface area contributed by atoms with Crippen LogP contribution >= 0.6 is 0 Å². The van der Waals surface area contributed by atoms with E-state index in [9.17, 15) is 4.39 Å². The van der Waals surface area contributed by atoms with Crippen LogP contribution in [-0.2, 0) is 6.42 Å². The Hall–Kier alpha value is -2.11. The Morgan fingerprint density at radius 1 is 1.33 bits per heavy atom. The Bertz CT molecular complexity index is 822. The molecule has 164 valence electrons. The van der Waals surface area contributed by atoms with E-state index in [4.69, 9.17) is 0 Å². The molecule has 2 aliphatic heterocycles. The lowest BCUT2D eigenvalue weighted by molar-refractivity contribution is 0.205. The summed E-state index contributed by atoms with van der Waals surface area (Å²) >= 11 is 0. The number of nitrogens with one attached hydrogen (secondary N) is 2. The summed E-state index contributed by atoms with van der Waals surface area (Å²) < 4.78 is 13.2. The van der Waals surface area contributed by atoms with E-state index < -0.39 is 0 Å². The molecular weight excluding hydrogens is 375 g/mol. The van der Waals surface area contributed by atoms with Gasteiger partial charge in [0.2, 0.25) is 0 Å². The third-order valence-electron chi connectivity index (χ3n) is 6.05. The highest BCUT2D eigenvalue weighted by molar-refractivity contribution is 5.39. The quantitative estimate of drug-likeness (QED) is 0.711. The molecule has 5 heteroatoms. The Morgan fingerprint density at radius 3 is 2.67 bits per heavy atom. The number of rotatable bonds is 7. The number of nitrogens with zero attached hydrogens (tertiary/aromatic N) is 2. The minimum Gasteiger partial charge on any atom is -0.389 e. The fraction of sp³-hybridized carbons (Fsp3) is 0.520. The van der Waals surface area contributed by atoms with Gasteiger partial charge >= 0.3 is 0 Å². The lowest BCUT2D eigenvalue weighted by Gasteiger charge is -2.35. The molecule has 0 saturated carbocycles. The number of piperazine rings is 1. The van der Waals surface area contributed by atoms with Crippen LogP contribution in [0.15, 0.2) is 59.6 Å². The Labute approximate surface area is 181 Å². The molecule has 0 amide bonds. The smallest absolute Gasteiger partial charge is 0.123 e. The summed E-state index contributed by atoms with van der Waals surface area (Å²) in [6.45, 7) is 18.3. The van der Waals surface area contributed by atoms with Crippen molar-refractivity contribution in [2.24, 2.45) is 5.41 Å². The molecule has 30 heavy (non-hydrogen) atoms. The summed E-state index contributed by atoms with van der Waals surface area (Å²) in [5, 5.41) is 6.96. The van der Waals surface area contributed by atoms with Gasteiger partial charge in [0.1, 0.15) is 5.82 Å². The van der Waals surface area contributed by atoms with Gasteiger partial charge in [-0.05, 0) is 44.0 Å². The number of hydrogen-bond acceptors (Lipinski definition) is 4. The highest BCUT2D eigenvalue weighted by Crippen LogP contribution is 2.39. The van der Waals surface area contributed by atoms with Gasteiger partial charge in [0.25, 0.3) is 0 Å². The average molecular weight is 413 g/mol. The molecular formula is C25H37FN4. The second-order valence-corrected chi connectivity index (χ2v) is 9.43. The van der Waals surface area contributed by atoms with Gasteiger partial charge in [0.15, 0.2) is 0 Å². The van der Waals surface area contributed by atoms with Gasteiger partial charge in [-0.1, -0.05) is 38.1 Å². The lowest BCUT2D eigenvalue weighted by Crippen LogP contribution is -2.50. The maximum Gasteiger partial charge on any atom is 0.123 e. The van der Waals surface area contributed by atoms with Gasteiger partial charge in [-0.2, -0.15) is 0 Å². The topological polar surface area (TPSA) is 30.5 Å². The molecule has 1 fully saturated rings. The zero-order valence-electron chi connectivity index (χ0n) is 19.2. The van der Waals surface area contributed by atoms with E-state index in [1.807, 2.05) is 19.2 Å². The molecule has 1 aromatic carbocycles. The van der Waals surface area contributed by atoms with Crippen LogP contribution in [0.3, 0.4) is 0 Å². The molecule has 4 nitrogen and oxygen atoms in total. The minimum atomic E-state index is -0.192. The van der Waals surface area contributed by atoms with Crippen molar-refractivity contribution in [2.75, 3.05) is 39.8 Å². The molecule has 0 spiro atoms. The first-order valence-corrected chi connectivity index (χ1v) is 10.9. The zero-order chi connectivity index (χ0) is 21.9. The molecule has 0 radical (unpaired) electrons. The zero-order valence-corrected chi connectivity index (χ0v) is 19.2. The fourth-order valence-corrected chi connectivity index (χ4v) is 4.65. The Kier molecular flexibility index (Phi) is 7.04. The first kappa shape index (κ1) is 22.6. The summed E-state index contributed by atoms with van der Waals surface area (Å²) in [5.74, 6) is -0.192. The van der Waals surface area contributed by atoms with Gasteiger partial charge in [-0.3, -0.25) is 4.90 Å². The number of allylic oxidation sites excluding steroid dienone is 2. The van der Waals surface area contributed by atoms with E-state index in [-0.39, 0.29) is 11.2 Å². The maximum absolute atomic E-state index is 13.2. The summed E-state index contributed by atoms with van der Waals surface area (Å²) in [7, 11) is 2.00. The molecule has 1 atom stereocenters. The van der Waals surface area contributed by atoms with Crippen LogP contribution in [0.25, 0.3) is 0 Å². The number of hydrogen-bond donors (Lipinski definition) is 2. The SMILES string of the molecule is C=C(CN1CCNC(C)C1)N1CC(C)(C)C(NC)=C1/C=C(\C)Cc1ccc(F)cc1.